The quantitative estimate of drug-likeness (QED) is 0.215. The van der Waals surface area contributed by atoms with Gasteiger partial charge >= 0.3 is 11.9 Å². The zero-order chi connectivity index (χ0) is 19.9. The van der Waals surface area contributed by atoms with E-state index in [0.717, 1.165) is 12.8 Å². The van der Waals surface area contributed by atoms with Crippen molar-refractivity contribution in [3.05, 3.63) is 35.4 Å². The molecule has 0 radical (unpaired) electrons. The van der Waals surface area contributed by atoms with E-state index in [2.05, 4.69) is 6.92 Å². The number of ether oxygens (including phenoxy) is 2. The normalized spacial score (nSPS) is 11.8. The maximum Gasteiger partial charge on any atom is 0.339 e. The van der Waals surface area contributed by atoms with Gasteiger partial charge in [0, 0.05) is 0 Å². The minimum atomic E-state index is -0.557. The minimum absolute atomic E-state index is 0.0994. The summed E-state index contributed by atoms with van der Waals surface area (Å²) in [6.07, 6.45) is 10.9. The number of alkyl halides is 1. The number of halogens is 1. The molecule has 1 aromatic rings. The number of esters is 2. The summed E-state index contributed by atoms with van der Waals surface area (Å²) in [5, 5.41) is -0.278. The summed E-state index contributed by atoms with van der Waals surface area (Å²) in [5.41, 5.74) is 0.451. The molecule has 0 aliphatic carbocycles. The van der Waals surface area contributed by atoms with E-state index in [1.54, 1.807) is 31.2 Å². The van der Waals surface area contributed by atoms with Gasteiger partial charge in [0.15, 0.2) is 0 Å². The predicted octanol–water partition coefficient (Wildman–Crippen LogP) is 6.16. The summed E-state index contributed by atoms with van der Waals surface area (Å²) in [5.74, 6) is -1.04. The van der Waals surface area contributed by atoms with Gasteiger partial charge in [-0.25, -0.2) is 9.59 Å². The lowest BCUT2D eigenvalue weighted by atomic mass is 10.1. The van der Waals surface area contributed by atoms with Crippen LogP contribution in [0.4, 0.5) is 0 Å². The highest BCUT2D eigenvalue weighted by Gasteiger charge is 2.19. The number of hydrogen-bond donors (Lipinski definition) is 0. The van der Waals surface area contributed by atoms with E-state index in [1.165, 1.54) is 44.9 Å². The Hall–Kier alpha value is -1.55. The summed E-state index contributed by atoms with van der Waals surface area (Å²) < 4.78 is 10.4. The lowest BCUT2D eigenvalue weighted by Gasteiger charge is -2.10. The molecule has 5 heteroatoms. The summed E-state index contributed by atoms with van der Waals surface area (Å²) in [6.45, 7) is 4.43. The fraction of sp³-hybridized carbons (Fsp3) is 0.636. The zero-order valence-corrected chi connectivity index (χ0v) is 17.4. The molecule has 0 amide bonds. The van der Waals surface area contributed by atoms with Crippen molar-refractivity contribution in [1.82, 2.24) is 0 Å². The fourth-order valence-corrected chi connectivity index (χ4v) is 2.83. The Balaban J connectivity index is 2.29. The number of rotatable bonds is 14. The van der Waals surface area contributed by atoms with Crippen LogP contribution in [0, 0.1) is 0 Å². The van der Waals surface area contributed by atoms with Gasteiger partial charge in [-0.15, -0.1) is 11.6 Å². The second kappa shape index (κ2) is 14.5. The van der Waals surface area contributed by atoms with Crippen molar-refractivity contribution in [2.75, 3.05) is 13.2 Å². The van der Waals surface area contributed by atoms with E-state index in [9.17, 15) is 9.59 Å². The first-order valence-electron chi connectivity index (χ1n) is 10.1. The van der Waals surface area contributed by atoms with Gasteiger partial charge in [-0.2, -0.15) is 0 Å². The van der Waals surface area contributed by atoms with Crippen molar-refractivity contribution in [2.24, 2.45) is 0 Å². The maximum absolute atomic E-state index is 12.3. The standard InChI is InChI=1S/C22H33ClO4/c1-3-4-5-6-7-8-9-10-13-16-26-21(24)19-14-11-12-15-20(19)22(25)27-17-18(2)23/h11-12,14-15,18H,3-10,13,16-17H2,1-2H3. The lowest BCUT2D eigenvalue weighted by molar-refractivity contribution is 0.0455. The summed E-state index contributed by atoms with van der Waals surface area (Å²) in [7, 11) is 0. The molecule has 0 aromatic heterocycles. The van der Waals surface area contributed by atoms with Crippen LogP contribution in [0.5, 0.6) is 0 Å². The second-order valence-corrected chi connectivity index (χ2v) is 7.63. The topological polar surface area (TPSA) is 52.6 Å². The minimum Gasteiger partial charge on any atom is -0.462 e. The van der Waals surface area contributed by atoms with E-state index < -0.39 is 11.9 Å². The van der Waals surface area contributed by atoms with Gasteiger partial charge in [0.25, 0.3) is 0 Å². The van der Waals surface area contributed by atoms with Gasteiger partial charge in [-0.1, -0.05) is 70.4 Å². The van der Waals surface area contributed by atoms with Crippen LogP contribution in [0.2, 0.25) is 0 Å². The Labute approximate surface area is 168 Å². The lowest BCUT2D eigenvalue weighted by Crippen LogP contribution is -2.17. The van der Waals surface area contributed by atoms with Crippen molar-refractivity contribution in [1.29, 1.82) is 0 Å². The average Bonchev–Trinajstić information content (AvgIpc) is 2.67. The molecule has 1 aromatic carbocycles. The summed E-state index contributed by atoms with van der Waals surface area (Å²) in [4.78, 5) is 24.4. The Morgan fingerprint density at radius 2 is 1.33 bits per heavy atom. The van der Waals surface area contributed by atoms with Gasteiger partial charge in [0.2, 0.25) is 0 Å². The van der Waals surface area contributed by atoms with Gasteiger partial charge in [0.05, 0.1) is 23.1 Å². The Bertz CT molecular complexity index is 557. The molecule has 0 saturated heterocycles. The third-order valence-electron chi connectivity index (χ3n) is 4.29. The molecule has 0 bridgehead atoms. The van der Waals surface area contributed by atoms with Crippen LogP contribution in [0.1, 0.15) is 92.4 Å². The van der Waals surface area contributed by atoms with Gasteiger partial charge < -0.3 is 9.47 Å². The van der Waals surface area contributed by atoms with Crippen molar-refractivity contribution in [3.8, 4) is 0 Å². The maximum atomic E-state index is 12.3. The first-order chi connectivity index (χ1) is 13.1. The molecule has 0 fully saturated rings. The highest BCUT2D eigenvalue weighted by atomic mass is 35.5. The second-order valence-electron chi connectivity index (χ2n) is 6.89. The van der Waals surface area contributed by atoms with Crippen LogP contribution in [0.15, 0.2) is 24.3 Å². The van der Waals surface area contributed by atoms with Gasteiger partial charge in [-0.05, 0) is 25.5 Å². The van der Waals surface area contributed by atoms with Crippen molar-refractivity contribution < 1.29 is 19.1 Å². The van der Waals surface area contributed by atoms with E-state index >= 15 is 0 Å². The molecule has 0 aliphatic rings. The van der Waals surface area contributed by atoms with Gasteiger partial charge in [0.1, 0.15) is 6.61 Å². The van der Waals surface area contributed by atoms with Crippen molar-refractivity contribution in [3.63, 3.8) is 0 Å². The molecule has 1 unspecified atom stereocenters. The molecule has 0 N–H and O–H groups in total. The number of benzene rings is 1. The van der Waals surface area contributed by atoms with Crippen LogP contribution in [0.25, 0.3) is 0 Å². The molecule has 0 saturated carbocycles. The monoisotopic (exact) mass is 396 g/mol. The molecule has 0 aliphatic heterocycles. The molecule has 27 heavy (non-hydrogen) atoms. The van der Waals surface area contributed by atoms with E-state index in [1.807, 2.05) is 0 Å². The number of carbonyl (C=O) groups excluding carboxylic acids is 2. The van der Waals surface area contributed by atoms with Crippen LogP contribution in [-0.2, 0) is 9.47 Å². The molecule has 152 valence electrons. The Kier molecular flexibility index (Phi) is 12.6. The molecule has 1 rings (SSSR count). The number of unbranched alkanes of at least 4 members (excludes halogenated alkanes) is 8. The molecule has 4 nitrogen and oxygen atoms in total. The largest absolute Gasteiger partial charge is 0.462 e. The predicted molar refractivity (Wildman–Crippen MR) is 110 cm³/mol. The smallest absolute Gasteiger partial charge is 0.339 e. The third kappa shape index (κ3) is 10.4. The summed E-state index contributed by atoms with van der Waals surface area (Å²) in [6, 6.07) is 6.55. The van der Waals surface area contributed by atoms with E-state index in [4.69, 9.17) is 21.1 Å². The first kappa shape index (κ1) is 23.5. The zero-order valence-electron chi connectivity index (χ0n) is 16.7. The van der Waals surface area contributed by atoms with Crippen LogP contribution < -0.4 is 0 Å². The highest BCUT2D eigenvalue weighted by molar-refractivity contribution is 6.20. The number of carbonyl (C=O) groups is 2. The average molecular weight is 397 g/mol. The molecule has 0 heterocycles. The molecule has 1 atom stereocenters. The molecule has 0 spiro atoms. The van der Waals surface area contributed by atoms with Crippen LogP contribution in [0.3, 0.4) is 0 Å². The Morgan fingerprint density at radius 1 is 0.852 bits per heavy atom. The van der Waals surface area contributed by atoms with Gasteiger partial charge in [-0.3, -0.25) is 0 Å². The number of hydrogen-bond acceptors (Lipinski definition) is 4. The molecular weight excluding hydrogens is 364 g/mol. The Morgan fingerprint density at radius 3 is 1.85 bits per heavy atom. The fourth-order valence-electron chi connectivity index (χ4n) is 2.76. The van der Waals surface area contributed by atoms with E-state index in [-0.39, 0.29) is 23.1 Å². The van der Waals surface area contributed by atoms with Crippen LogP contribution >= 0.6 is 11.6 Å². The first-order valence-corrected chi connectivity index (χ1v) is 10.6. The van der Waals surface area contributed by atoms with Crippen molar-refractivity contribution in [2.45, 2.75) is 77.0 Å². The highest BCUT2D eigenvalue weighted by Crippen LogP contribution is 2.14. The van der Waals surface area contributed by atoms with Crippen LogP contribution in [-0.4, -0.2) is 30.5 Å². The van der Waals surface area contributed by atoms with Crippen molar-refractivity contribution >= 4 is 23.5 Å². The SMILES string of the molecule is CCCCCCCCCCCOC(=O)c1ccccc1C(=O)OCC(C)Cl. The summed E-state index contributed by atoms with van der Waals surface area (Å²) >= 11 is 5.79. The third-order valence-corrected chi connectivity index (χ3v) is 4.42. The molecular formula is C22H33ClO4. The van der Waals surface area contributed by atoms with E-state index in [0.29, 0.717) is 6.61 Å².